The Morgan fingerprint density at radius 2 is 1.56 bits per heavy atom. The summed E-state index contributed by atoms with van der Waals surface area (Å²) in [5.41, 5.74) is 0.567. The molecule has 2 rings (SSSR count). The van der Waals surface area contributed by atoms with Gasteiger partial charge in [-0.1, -0.05) is 27.7 Å². The molecule has 1 aromatic rings. The number of rotatable bonds is 7. The van der Waals surface area contributed by atoms with Crippen molar-refractivity contribution in [3.05, 3.63) is 34.9 Å². The molecule has 1 heterocycles. The first-order valence-corrected chi connectivity index (χ1v) is 9.03. The molecule has 7 nitrogen and oxygen atoms in total. The van der Waals surface area contributed by atoms with E-state index in [4.69, 9.17) is 4.74 Å². The molecule has 0 radical (unpaired) electrons. The van der Waals surface area contributed by atoms with E-state index in [-0.39, 0.29) is 29.2 Å². The average Bonchev–Trinajstić information content (AvgIpc) is 2.82. The third kappa shape index (κ3) is 4.72. The van der Waals surface area contributed by atoms with Crippen molar-refractivity contribution < 1.29 is 23.9 Å². The van der Waals surface area contributed by atoms with E-state index in [2.05, 4.69) is 0 Å². The lowest BCUT2D eigenvalue weighted by Gasteiger charge is -2.26. The summed E-state index contributed by atoms with van der Waals surface area (Å²) in [6, 6.07) is 4.20. The maximum Gasteiger partial charge on any atom is 0.338 e. The first kappa shape index (κ1) is 20.6. The average molecular weight is 374 g/mol. The zero-order chi connectivity index (χ0) is 20.3. The summed E-state index contributed by atoms with van der Waals surface area (Å²) in [5.74, 6) is -1.20. The van der Waals surface area contributed by atoms with Crippen LogP contribution in [0.25, 0.3) is 0 Å². The molecule has 0 spiro atoms. The van der Waals surface area contributed by atoms with Crippen LogP contribution in [0.5, 0.6) is 0 Å². The van der Waals surface area contributed by atoms with Crippen molar-refractivity contribution in [2.75, 3.05) is 26.7 Å². The van der Waals surface area contributed by atoms with Gasteiger partial charge in [-0.25, -0.2) is 4.79 Å². The van der Waals surface area contributed by atoms with E-state index in [0.29, 0.717) is 24.9 Å². The molecule has 1 aliphatic rings. The first-order valence-electron chi connectivity index (χ1n) is 9.03. The molecular weight excluding hydrogens is 348 g/mol. The van der Waals surface area contributed by atoms with Crippen LogP contribution < -0.4 is 0 Å². The van der Waals surface area contributed by atoms with Crippen LogP contribution >= 0.6 is 0 Å². The van der Waals surface area contributed by atoms with Gasteiger partial charge in [0.2, 0.25) is 0 Å². The van der Waals surface area contributed by atoms with Crippen molar-refractivity contribution in [3.8, 4) is 0 Å². The van der Waals surface area contributed by atoms with Gasteiger partial charge in [-0.05, 0) is 30.0 Å². The second-order valence-electron chi connectivity index (χ2n) is 7.59. The van der Waals surface area contributed by atoms with Gasteiger partial charge in [0.05, 0.1) is 16.7 Å². The molecule has 27 heavy (non-hydrogen) atoms. The Bertz CT molecular complexity index is 760. The Kier molecular flexibility index (Phi) is 6.36. The van der Waals surface area contributed by atoms with E-state index in [9.17, 15) is 19.2 Å². The molecule has 0 saturated heterocycles. The number of hydrogen-bond donors (Lipinski definition) is 0. The zero-order valence-corrected chi connectivity index (χ0v) is 16.4. The Labute approximate surface area is 159 Å². The number of amides is 3. The first-order chi connectivity index (χ1) is 12.6. The van der Waals surface area contributed by atoms with Crippen LogP contribution in [0.4, 0.5) is 0 Å². The number of carbonyl (C=O) groups excluding carboxylic acids is 4. The van der Waals surface area contributed by atoms with Gasteiger partial charge < -0.3 is 9.64 Å². The quantitative estimate of drug-likeness (QED) is 0.540. The zero-order valence-electron chi connectivity index (χ0n) is 16.4. The van der Waals surface area contributed by atoms with Gasteiger partial charge in [-0.2, -0.15) is 0 Å². The molecule has 0 N–H and O–H groups in total. The van der Waals surface area contributed by atoms with Gasteiger partial charge in [0, 0.05) is 20.1 Å². The fourth-order valence-corrected chi connectivity index (χ4v) is 2.95. The minimum Gasteiger partial charge on any atom is -0.452 e. The third-order valence-corrected chi connectivity index (χ3v) is 4.18. The van der Waals surface area contributed by atoms with Gasteiger partial charge in [0.1, 0.15) is 0 Å². The van der Waals surface area contributed by atoms with Crippen molar-refractivity contribution >= 4 is 23.7 Å². The fourth-order valence-electron chi connectivity index (χ4n) is 2.95. The van der Waals surface area contributed by atoms with Crippen LogP contribution in [0.2, 0.25) is 0 Å². The number of imide groups is 1. The number of fused-ring (bicyclic) bond motifs is 1. The van der Waals surface area contributed by atoms with Crippen molar-refractivity contribution in [1.82, 2.24) is 9.80 Å². The molecule has 0 saturated carbocycles. The molecule has 7 heteroatoms. The van der Waals surface area contributed by atoms with Crippen LogP contribution in [-0.2, 0) is 9.53 Å². The number of benzene rings is 1. The summed E-state index contributed by atoms with van der Waals surface area (Å²) in [4.78, 5) is 51.3. The minimum absolute atomic E-state index is 0.136. The standard InChI is InChI=1S/C20H26N2O5/c1-12(2)9-22(10-13(3)4)17(23)11-27-20(26)14-6-7-15-16(8-14)19(25)21(5)18(15)24/h6-8,12-13H,9-11H2,1-5H3. The molecule has 0 unspecified atom stereocenters. The lowest BCUT2D eigenvalue weighted by atomic mass is 10.1. The number of ether oxygens (including phenoxy) is 1. The molecule has 146 valence electrons. The Hall–Kier alpha value is -2.70. The highest BCUT2D eigenvalue weighted by Crippen LogP contribution is 2.23. The number of nitrogens with zero attached hydrogens (tertiary/aromatic N) is 2. The van der Waals surface area contributed by atoms with Crippen molar-refractivity contribution in [3.63, 3.8) is 0 Å². The number of carbonyl (C=O) groups is 4. The number of hydrogen-bond acceptors (Lipinski definition) is 5. The summed E-state index contributed by atoms with van der Waals surface area (Å²) in [7, 11) is 1.39. The van der Waals surface area contributed by atoms with E-state index in [1.807, 2.05) is 27.7 Å². The smallest absolute Gasteiger partial charge is 0.338 e. The summed E-state index contributed by atoms with van der Waals surface area (Å²) in [6.45, 7) is 8.91. The van der Waals surface area contributed by atoms with Gasteiger partial charge >= 0.3 is 5.97 Å². The van der Waals surface area contributed by atoms with Crippen molar-refractivity contribution in [1.29, 1.82) is 0 Å². The maximum atomic E-state index is 12.4. The molecule has 0 bridgehead atoms. The molecule has 0 fully saturated rings. The summed E-state index contributed by atoms with van der Waals surface area (Å²) < 4.78 is 5.14. The fraction of sp³-hybridized carbons (Fsp3) is 0.500. The largest absolute Gasteiger partial charge is 0.452 e. The van der Waals surface area contributed by atoms with E-state index in [1.54, 1.807) is 4.90 Å². The molecule has 3 amide bonds. The highest BCUT2D eigenvalue weighted by Gasteiger charge is 2.33. The lowest BCUT2D eigenvalue weighted by molar-refractivity contribution is -0.135. The predicted octanol–water partition coefficient (Wildman–Crippen LogP) is 2.21. The summed E-state index contributed by atoms with van der Waals surface area (Å²) >= 11 is 0. The van der Waals surface area contributed by atoms with E-state index < -0.39 is 17.8 Å². The van der Waals surface area contributed by atoms with Gasteiger partial charge in [-0.15, -0.1) is 0 Å². The number of esters is 1. The maximum absolute atomic E-state index is 12.4. The molecule has 1 aromatic carbocycles. The molecule has 0 aliphatic carbocycles. The highest BCUT2D eigenvalue weighted by molar-refractivity contribution is 6.21. The van der Waals surface area contributed by atoms with Crippen LogP contribution in [-0.4, -0.2) is 60.2 Å². The molecule has 0 aromatic heterocycles. The Morgan fingerprint density at radius 3 is 2.11 bits per heavy atom. The third-order valence-electron chi connectivity index (χ3n) is 4.18. The molecule has 1 aliphatic heterocycles. The Morgan fingerprint density at radius 1 is 1.00 bits per heavy atom. The van der Waals surface area contributed by atoms with E-state index in [0.717, 1.165) is 4.90 Å². The second-order valence-corrected chi connectivity index (χ2v) is 7.59. The molecule has 0 atom stereocenters. The normalized spacial score (nSPS) is 13.4. The second kappa shape index (κ2) is 8.33. The van der Waals surface area contributed by atoms with Crippen LogP contribution in [0.3, 0.4) is 0 Å². The van der Waals surface area contributed by atoms with Gasteiger partial charge in [0.15, 0.2) is 6.61 Å². The molecular formula is C20H26N2O5. The van der Waals surface area contributed by atoms with Crippen molar-refractivity contribution in [2.24, 2.45) is 11.8 Å². The van der Waals surface area contributed by atoms with Crippen molar-refractivity contribution in [2.45, 2.75) is 27.7 Å². The monoisotopic (exact) mass is 374 g/mol. The van der Waals surface area contributed by atoms with E-state index in [1.165, 1.54) is 25.2 Å². The SMILES string of the molecule is CC(C)CN(CC(C)C)C(=O)COC(=O)c1ccc2c(c1)C(=O)N(C)C2=O. The van der Waals surface area contributed by atoms with Crippen LogP contribution in [0.15, 0.2) is 18.2 Å². The van der Waals surface area contributed by atoms with Crippen LogP contribution in [0, 0.1) is 11.8 Å². The minimum atomic E-state index is -0.699. The summed E-state index contributed by atoms with van der Waals surface area (Å²) in [6.07, 6.45) is 0. The van der Waals surface area contributed by atoms with Gasteiger partial charge in [-0.3, -0.25) is 19.3 Å². The Balaban J connectivity index is 2.04. The topological polar surface area (TPSA) is 84.0 Å². The van der Waals surface area contributed by atoms with E-state index >= 15 is 0 Å². The predicted molar refractivity (Wildman–Crippen MR) is 99.4 cm³/mol. The highest BCUT2D eigenvalue weighted by atomic mass is 16.5. The van der Waals surface area contributed by atoms with Gasteiger partial charge in [0.25, 0.3) is 17.7 Å². The summed E-state index contributed by atoms with van der Waals surface area (Å²) in [5, 5.41) is 0. The lowest BCUT2D eigenvalue weighted by Crippen LogP contribution is -2.39. The van der Waals surface area contributed by atoms with Crippen LogP contribution in [0.1, 0.15) is 58.8 Å².